The molecule has 0 unspecified atom stereocenters. The van der Waals surface area contributed by atoms with E-state index in [1.807, 2.05) is 38.1 Å². The van der Waals surface area contributed by atoms with Crippen molar-refractivity contribution in [2.24, 2.45) is 0 Å². The van der Waals surface area contributed by atoms with E-state index in [9.17, 15) is 19.7 Å². The SMILES string of the molecule is Cc1cccc(C)c1-n1c(SCC(=O)Nc2ccc([N+](=O)[O-])cc2)nc2ccccc2c1=O. The molecular formula is C24H20N4O4S. The zero-order chi connectivity index (χ0) is 23.5. The number of non-ortho nitro benzene ring substituents is 1. The lowest BCUT2D eigenvalue weighted by molar-refractivity contribution is -0.384. The predicted octanol–water partition coefficient (Wildman–Crippen LogP) is 4.64. The molecular weight excluding hydrogens is 440 g/mol. The summed E-state index contributed by atoms with van der Waals surface area (Å²) in [5, 5.41) is 14.4. The van der Waals surface area contributed by atoms with Crippen molar-refractivity contribution in [2.75, 3.05) is 11.1 Å². The van der Waals surface area contributed by atoms with Crippen molar-refractivity contribution < 1.29 is 9.72 Å². The van der Waals surface area contributed by atoms with E-state index in [1.165, 1.54) is 24.3 Å². The zero-order valence-corrected chi connectivity index (χ0v) is 18.8. The second-order valence-electron chi connectivity index (χ2n) is 7.43. The molecule has 4 rings (SSSR count). The number of anilines is 1. The summed E-state index contributed by atoms with van der Waals surface area (Å²) in [6, 6.07) is 18.5. The molecule has 9 heteroatoms. The van der Waals surface area contributed by atoms with Gasteiger partial charge in [0.2, 0.25) is 5.91 Å². The Morgan fingerprint density at radius 2 is 1.70 bits per heavy atom. The average molecular weight is 461 g/mol. The minimum absolute atomic E-state index is 0.00664. The van der Waals surface area contributed by atoms with E-state index in [0.29, 0.717) is 21.7 Å². The minimum atomic E-state index is -0.500. The first-order chi connectivity index (χ1) is 15.8. The van der Waals surface area contributed by atoms with E-state index < -0.39 is 4.92 Å². The Labute approximate surface area is 193 Å². The number of fused-ring (bicyclic) bond motifs is 1. The Morgan fingerprint density at radius 1 is 1.03 bits per heavy atom. The predicted molar refractivity (Wildman–Crippen MR) is 129 cm³/mol. The van der Waals surface area contributed by atoms with E-state index in [2.05, 4.69) is 10.3 Å². The molecule has 4 aromatic rings. The number of amides is 1. The highest BCUT2D eigenvalue weighted by molar-refractivity contribution is 7.99. The van der Waals surface area contributed by atoms with Crippen LogP contribution < -0.4 is 10.9 Å². The van der Waals surface area contributed by atoms with Crippen LogP contribution >= 0.6 is 11.8 Å². The molecule has 0 bridgehead atoms. The van der Waals surface area contributed by atoms with Crippen LogP contribution in [0.25, 0.3) is 16.6 Å². The van der Waals surface area contributed by atoms with Crippen molar-refractivity contribution in [1.82, 2.24) is 9.55 Å². The fraction of sp³-hybridized carbons (Fsp3) is 0.125. The number of aryl methyl sites for hydroxylation is 2. The molecule has 1 N–H and O–H groups in total. The highest BCUT2D eigenvalue weighted by atomic mass is 32.2. The van der Waals surface area contributed by atoms with E-state index in [0.717, 1.165) is 28.6 Å². The number of benzene rings is 3. The number of nitrogens with one attached hydrogen (secondary N) is 1. The summed E-state index contributed by atoms with van der Waals surface area (Å²) in [6.07, 6.45) is 0. The van der Waals surface area contributed by atoms with Gasteiger partial charge in [0.05, 0.1) is 27.3 Å². The summed E-state index contributed by atoms with van der Waals surface area (Å²) >= 11 is 1.16. The topological polar surface area (TPSA) is 107 Å². The second kappa shape index (κ2) is 9.25. The van der Waals surface area contributed by atoms with Gasteiger partial charge in [0.1, 0.15) is 0 Å². The molecule has 33 heavy (non-hydrogen) atoms. The van der Waals surface area contributed by atoms with Crippen molar-refractivity contribution in [2.45, 2.75) is 19.0 Å². The standard InChI is InChI=1S/C24H20N4O4S/c1-15-6-5-7-16(2)22(15)27-23(30)19-8-3-4-9-20(19)26-24(27)33-14-21(29)25-17-10-12-18(13-11-17)28(31)32/h3-13H,14H2,1-2H3,(H,25,29). The molecule has 1 aromatic heterocycles. The molecule has 0 spiro atoms. The number of carbonyl (C=O) groups is 1. The van der Waals surface area contributed by atoms with Crippen LogP contribution in [0.15, 0.2) is 76.7 Å². The highest BCUT2D eigenvalue weighted by Crippen LogP contribution is 2.25. The number of nitro groups is 1. The maximum Gasteiger partial charge on any atom is 0.269 e. The van der Waals surface area contributed by atoms with E-state index >= 15 is 0 Å². The van der Waals surface area contributed by atoms with Crippen molar-refractivity contribution in [3.8, 4) is 5.69 Å². The van der Waals surface area contributed by atoms with Crippen LogP contribution in [-0.2, 0) is 4.79 Å². The first-order valence-electron chi connectivity index (χ1n) is 10.1. The third kappa shape index (κ3) is 4.63. The largest absolute Gasteiger partial charge is 0.325 e. The first-order valence-corrected chi connectivity index (χ1v) is 11.1. The van der Waals surface area contributed by atoms with Gasteiger partial charge in [0.25, 0.3) is 11.2 Å². The number of nitro benzene ring substituents is 1. The second-order valence-corrected chi connectivity index (χ2v) is 8.38. The fourth-order valence-electron chi connectivity index (χ4n) is 3.56. The Balaban J connectivity index is 1.66. The summed E-state index contributed by atoms with van der Waals surface area (Å²) in [7, 11) is 0. The number of hydrogen-bond donors (Lipinski definition) is 1. The quantitative estimate of drug-likeness (QED) is 0.194. The van der Waals surface area contributed by atoms with E-state index in [4.69, 9.17) is 0 Å². The van der Waals surface area contributed by atoms with Crippen LogP contribution in [-0.4, -0.2) is 26.1 Å². The van der Waals surface area contributed by atoms with Crippen LogP contribution in [0.5, 0.6) is 0 Å². The van der Waals surface area contributed by atoms with Gasteiger partial charge in [-0.15, -0.1) is 0 Å². The Bertz CT molecular complexity index is 1410. The van der Waals surface area contributed by atoms with Gasteiger partial charge < -0.3 is 5.32 Å². The van der Waals surface area contributed by atoms with Crippen molar-refractivity contribution >= 4 is 39.9 Å². The van der Waals surface area contributed by atoms with Crippen LogP contribution in [0.2, 0.25) is 0 Å². The van der Waals surface area contributed by atoms with Crippen LogP contribution in [0.4, 0.5) is 11.4 Å². The van der Waals surface area contributed by atoms with Gasteiger partial charge in [-0.2, -0.15) is 0 Å². The smallest absolute Gasteiger partial charge is 0.269 e. The third-order valence-corrected chi connectivity index (χ3v) is 6.04. The lowest BCUT2D eigenvalue weighted by Crippen LogP contribution is -2.24. The molecule has 8 nitrogen and oxygen atoms in total. The van der Waals surface area contributed by atoms with Crippen LogP contribution in [0, 0.1) is 24.0 Å². The summed E-state index contributed by atoms with van der Waals surface area (Å²) in [5.74, 6) is -0.309. The van der Waals surface area contributed by atoms with Crippen molar-refractivity contribution in [3.05, 3.63) is 98.3 Å². The maximum absolute atomic E-state index is 13.4. The molecule has 0 aliphatic rings. The summed E-state index contributed by atoms with van der Waals surface area (Å²) in [6.45, 7) is 3.86. The van der Waals surface area contributed by atoms with E-state index in [-0.39, 0.29) is 22.9 Å². The number of aromatic nitrogens is 2. The fourth-order valence-corrected chi connectivity index (χ4v) is 4.36. The Hall–Kier alpha value is -3.98. The number of rotatable bonds is 6. The molecule has 0 fully saturated rings. The number of carbonyl (C=O) groups excluding carboxylic acids is 1. The molecule has 3 aromatic carbocycles. The molecule has 0 saturated carbocycles. The normalized spacial score (nSPS) is 10.8. The van der Waals surface area contributed by atoms with Crippen molar-refractivity contribution in [1.29, 1.82) is 0 Å². The molecule has 0 saturated heterocycles. The lowest BCUT2D eigenvalue weighted by Gasteiger charge is -2.17. The van der Waals surface area contributed by atoms with Gasteiger partial charge >= 0.3 is 0 Å². The molecule has 0 radical (unpaired) electrons. The van der Waals surface area contributed by atoms with Crippen LogP contribution in [0.3, 0.4) is 0 Å². The van der Waals surface area contributed by atoms with Gasteiger partial charge in [-0.3, -0.25) is 24.3 Å². The third-order valence-electron chi connectivity index (χ3n) is 5.10. The molecule has 0 aliphatic heterocycles. The summed E-state index contributed by atoms with van der Waals surface area (Å²) in [4.78, 5) is 41.0. The first kappa shape index (κ1) is 22.2. The molecule has 1 heterocycles. The van der Waals surface area contributed by atoms with Crippen LogP contribution in [0.1, 0.15) is 11.1 Å². The molecule has 0 aliphatic carbocycles. The highest BCUT2D eigenvalue weighted by Gasteiger charge is 2.17. The number of hydrogen-bond acceptors (Lipinski definition) is 6. The van der Waals surface area contributed by atoms with Gasteiger partial charge in [0, 0.05) is 17.8 Å². The Kier molecular flexibility index (Phi) is 6.23. The van der Waals surface area contributed by atoms with Crippen molar-refractivity contribution in [3.63, 3.8) is 0 Å². The summed E-state index contributed by atoms with van der Waals surface area (Å²) in [5.41, 5.74) is 3.35. The van der Waals surface area contributed by atoms with Gasteiger partial charge in [-0.25, -0.2) is 4.98 Å². The number of thioether (sulfide) groups is 1. The zero-order valence-electron chi connectivity index (χ0n) is 17.9. The Morgan fingerprint density at radius 3 is 2.36 bits per heavy atom. The molecule has 0 atom stereocenters. The molecule has 1 amide bonds. The average Bonchev–Trinajstić information content (AvgIpc) is 2.79. The maximum atomic E-state index is 13.4. The number of nitrogens with zero attached hydrogens (tertiary/aromatic N) is 3. The minimum Gasteiger partial charge on any atom is -0.325 e. The van der Waals surface area contributed by atoms with Gasteiger partial charge in [-0.05, 0) is 49.2 Å². The van der Waals surface area contributed by atoms with Gasteiger partial charge in [0.15, 0.2) is 5.16 Å². The monoisotopic (exact) mass is 460 g/mol. The number of para-hydroxylation sites is 2. The lowest BCUT2D eigenvalue weighted by atomic mass is 10.1. The molecule has 166 valence electrons. The van der Waals surface area contributed by atoms with E-state index in [1.54, 1.807) is 22.8 Å². The van der Waals surface area contributed by atoms with Gasteiger partial charge in [-0.1, -0.05) is 42.1 Å². The summed E-state index contributed by atoms with van der Waals surface area (Å²) < 4.78 is 1.57.